The number of benzene rings is 1. The molecule has 1 aromatic carbocycles. The highest BCUT2D eigenvalue weighted by atomic mass is 35.5. The third-order valence-corrected chi connectivity index (χ3v) is 4.46. The smallest absolute Gasteiger partial charge is 0.134 e. The Morgan fingerprint density at radius 3 is 2.40 bits per heavy atom. The van der Waals surface area contributed by atoms with Gasteiger partial charge in [-0.25, -0.2) is 0 Å². The van der Waals surface area contributed by atoms with Crippen molar-refractivity contribution in [3.63, 3.8) is 0 Å². The van der Waals surface area contributed by atoms with Crippen LogP contribution in [0, 0.1) is 0 Å². The molecule has 0 saturated heterocycles. The summed E-state index contributed by atoms with van der Waals surface area (Å²) in [7, 11) is 4.11. The monoisotopic (exact) mass is 329 g/mol. The topological polar surface area (TPSA) is 12.5 Å². The van der Waals surface area contributed by atoms with Gasteiger partial charge < -0.3 is 9.64 Å². The normalized spacial score (nSPS) is 12.7. The fraction of sp³-hybridized carbons (Fsp3) is 0.333. The van der Waals surface area contributed by atoms with E-state index in [1.807, 2.05) is 35.7 Å². The van der Waals surface area contributed by atoms with Gasteiger partial charge in [-0.3, -0.25) is 0 Å². The van der Waals surface area contributed by atoms with Gasteiger partial charge in [-0.05, 0) is 44.4 Å². The fourth-order valence-corrected chi connectivity index (χ4v) is 3.08. The van der Waals surface area contributed by atoms with Crippen molar-refractivity contribution in [2.45, 2.75) is 12.5 Å². The molecule has 0 aliphatic heterocycles. The summed E-state index contributed by atoms with van der Waals surface area (Å²) in [4.78, 5) is 3.29. The fourth-order valence-electron chi connectivity index (χ4n) is 1.81. The zero-order valence-corrected chi connectivity index (χ0v) is 13.8. The Labute approximate surface area is 133 Å². The Kier molecular flexibility index (Phi) is 5.73. The molecule has 0 aliphatic carbocycles. The minimum absolute atomic E-state index is 0.0103. The van der Waals surface area contributed by atoms with Gasteiger partial charge in [0.25, 0.3) is 0 Å². The molecule has 0 saturated carbocycles. The summed E-state index contributed by atoms with van der Waals surface area (Å²) in [6.07, 6.45) is 0.919. The van der Waals surface area contributed by atoms with Gasteiger partial charge in [0, 0.05) is 28.2 Å². The first kappa shape index (κ1) is 15.6. The largest absolute Gasteiger partial charge is 0.485 e. The Morgan fingerprint density at radius 1 is 1.15 bits per heavy atom. The van der Waals surface area contributed by atoms with Crippen molar-refractivity contribution in [3.8, 4) is 5.75 Å². The summed E-state index contributed by atoms with van der Waals surface area (Å²) in [6, 6.07) is 9.42. The Bertz CT molecular complexity index is 539. The molecule has 1 atom stereocenters. The van der Waals surface area contributed by atoms with Gasteiger partial charge in [0.15, 0.2) is 0 Å². The van der Waals surface area contributed by atoms with Crippen LogP contribution in [0.1, 0.15) is 17.4 Å². The van der Waals surface area contributed by atoms with Crippen molar-refractivity contribution in [3.05, 3.63) is 50.6 Å². The van der Waals surface area contributed by atoms with E-state index in [1.54, 1.807) is 11.3 Å². The average molecular weight is 330 g/mol. The van der Waals surface area contributed by atoms with Gasteiger partial charge in [0.05, 0.1) is 5.02 Å². The highest BCUT2D eigenvalue weighted by Crippen LogP contribution is 2.31. The van der Waals surface area contributed by atoms with Gasteiger partial charge in [0.2, 0.25) is 0 Å². The van der Waals surface area contributed by atoms with E-state index < -0.39 is 0 Å². The molecule has 0 spiro atoms. The molecule has 0 N–H and O–H groups in total. The molecule has 108 valence electrons. The van der Waals surface area contributed by atoms with Crippen LogP contribution in [-0.4, -0.2) is 25.5 Å². The van der Waals surface area contributed by atoms with Crippen molar-refractivity contribution in [2.24, 2.45) is 0 Å². The van der Waals surface area contributed by atoms with Crippen LogP contribution in [0.4, 0.5) is 0 Å². The maximum Gasteiger partial charge on any atom is 0.134 e. The van der Waals surface area contributed by atoms with Crippen LogP contribution < -0.4 is 4.74 Å². The molecule has 5 heteroatoms. The second-order valence-electron chi connectivity index (χ2n) is 4.82. The molecule has 0 radical (unpaired) electrons. The molecule has 20 heavy (non-hydrogen) atoms. The first-order valence-corrected chi connectivity index (χ1v) is 7.99. The molecule has 0 aliphatic rings. The molecular weight excluding hydrogens is 313 g/mol. The summed E-state index contributed by atoms with van der Waals surface area (Å²) in [5.41, 5.74) is 0. The van der Waals surface area contributed by atoms with Crippen molar-refractivity contribution in [2.75, 3.05) is 20.6 Å². The van der Waals surface area contributed by atoms with E-state index in [2.05, 4.69) is 19.0 Å². The molecule has 0 bridgehead atoms. The highest BCUT2D eigenvalue weighted by Gasteiger charge is 2.16. The Hall–Kier alpha value is -0.740. The molecule has 0 amide bonds. The molecule has 0 fully saturated rings. The Balaban J connectivity index is 2.11. The van der Waals surface area contributed by atoms with Crippen LogP contribution in [0.5, 0.6) is 5.75 Å². The van der Waals surface area contributed by atoms with Crippen LogP contribution in [0.25, 0.3) is 0 Å². The third kappa shape index (κ3) is 4.67. The standard InChI is InChI=1S/C15H17Cl2NOS/c1-18(2)8-7-14(15-9-12(17)10-20-15)19-13-5-3-11(16)4-6-13/h3-6,9-10,14H,7-8H2,1-2H3. The van der Waals surface area contributed by atoms with Gasteiger partial charge in [-0.1, -0.05) is 23.2 Å². The Morgan fingerprint density at radius 2 is 1.85 bits per heavy atom. The maximum atomic E-state index is 6.09. The molecule has 1 unspecified atom stereocenters. The van der Waals surface area contributed by atoms with Crippen molar-refractivity contribution < 1.29 is 4.74 Å². The van der Waals surface area contributed by atoms with Crippen LogP contribution in [0.15, 0.2) is 35.7 Å². The first-order chi connectivity index (χ1) is 9.54. The number of hydrogen-bond donors (Lipinski definition) is 0. The number of nitrogens with zero attached hydrogens (tertiary/aromatic N) is 1. The maximum absolute atomic E-state index is 6.09. The lowest BCUT2D eigenvalue weighted by atomic mass is 10.2. The molecular formula is C15H17Cl2NOS. The van der Waals surface area contributed by atoms with Crippen LogP contribution in [0.2, 0.25) is 10.0 Å². The molecule has 2 aromatic rings. The van der Waals surface area contributed by atoms with E-state index in [0.29, 0.717) is 5.02 Å². The number of thiophene rings is 1. The molecule has 1 heterocycles. The van der Waals surface area contributed by atoms with Gasteiger partial charge >= 0.3 is 0 Å². The predicted molar refractivity (Wildman–Crippen MR) is 87.3 cm³/mol. The van der Waals surface area contributed by atoms with E-state index >= 15 is 0 Å². The van der Waals surface area contributed by atoms with Crippen LogP contribution in [0.3, 0.4) is 0 Å². The minimum atomic E-state index is 0.0103. The number of halogens is 2. The van der Waals surface area contributed by atoms with Crippen molar-refractivity contribution in [1.82, 2.24) is 4.90 Å². The molecule has 2 nitrogen and oxygen atoms in total. The van der Waals surface area contributed by atoms with Crippen molar-refractivity contribution in [1.29, 1.82) is 0 Å². The lowest BCUT2D eigenvalue weighted by Gasteiger charge is -2.20. The minimum Gasteiger partial charge on any atom is -0.485 e. The number of ether oxygens (including phenoxy) is 1. The number of hydrogen-bond acceptors (Lipinski definition) is 3. The van der Waals surface area contributed by atoms with Gasteiger partial charge in [0.1, 0.15) is 11.9 Å². The van der Waals surface area contributed by atoms with Gasteiger partial charge in [-0.15, -0.1) is 11.3 Å². The summed E-state index contributed by atoms with van der Waals surface area (Å²) in [6.45, 7) is 0.952. The summed E-state index contributed by atoms with van der Waals surface area (Å²) in [5, 5.41) is 3.41. The van der Waals surface area contributed by atoms with E-state index in [4.69, 9.17) is 27.9 Å². The quantitative estimate of drug-likeness (QED) is 0.728. The molecule has 2 rings (SSSR count). The average Bonchev–Trinajstić information content (AvgIpc) is 2.83. The van der Waals surface area contributed by atoms with Crippen LogP contribution in [-0.2, 0) is 0 Å². The summed E-state index contributed by atoms with van der Waals surface area (Å²) < 4.78 is 6.09. The second kappa shape index (κ2) is 7.32. The summed E-state index contributed by atoms with van der Waals surface area (Å²) >= 11 is 13.5. The second-order valence-corrected chi connectivity index (χ2v) is 6.64. The lowest BCUT2D eigenvalue weighted by molar-refractivity contribution is 0.183. The molecule has 1 aromatic heterocycles. The van der Waals surface area contributed by atoms with E-state index in [0.717, 1.165) is 28.6 Å². The number of rotatable bonds is 6. The first-order valence-electron chi connectivity index (χ1n) is 6.35. The van der Waals surface area contributed by atoms with Crippen LogP contribution >= 0.6 is 34.5 Å². The lowest BCUT2D eigenvalue weighted by Crippen LogP contribution is -2.18. The van der Waals surface area contributed by atoms with Gasteiger partial charge in [-0.2, -0.15) is 0 Å². The predicted octanol–water partition coefficient (Wildman–Crippen LogP) is 5.13. The summed E-state index contributed by atoms with van der Waals surface area (Å²) in [5.74, 6) is 0.822. The zero-order chi connectivity index (χ0) is 14.5. The zero-order valence-electron chi connectivity index (χ0n) is 11.5. The highest BCUT2D eigenvalue weighted by molar-refractivity contribution is 7.10. The van der Waals surface area contributed by atoms with E-state index in [-0.39, 0.29) is 6.10 Å². The SMILES string of the molecule is CN(C)CCC(Oc1ccc(Cl)cc1)c1cc(Cl)cs1. The van der Waals surface area contributed by atoms with Crippen molar-refractivity contribution >= 4 is 34.5 Å². The third-order valence-electron chi connectivity index (χ3n) is 2.84. The van der Waals surface area contributed by atoms with E-state index in [1.165, 1.54) is 0 Å². The van der Waals surface area contributed by atoms with E-state index in [9.17, 15) is 0 Å².